The van der Waals surface area contributed by atoms with Gasteiger partial charge in [-0.1, -0.05) is 12.1 Å². The van der Waals surface area contributed by atoms with Crippen molar-refractivity contribution in [2.24, 2.45) is 0 Å². The van der Waals surface area contributed by atoms with Gasteiger partial charge in [-0.2, -0.15) is 0 Å². The minimum atomic E-state index is -0.362. The summed E-state index contributed by atoms with van der Waals surface area (Å²) in [4.78, 5) is 19.3. The van der Waals surface area contributed by atoms with E-state index in [1.807, 2.05) is 30.3 Å². The van der Waals surface area contributed by atoms with E-state index in [1.54, 1.807) is 19.1 Å². The zero-order chi connectivity index (χ0) is 16.4. The molecular formula is C17H17ClN4O2. The Kier molecular flexibility index (Phi) is 5.21. The summed E-state index contributed by atoms with van der Waals surface area (Å²) in [5.74, 6) is 0.734. The third-order valence-electron chi connectivity index (χ3n) is 3.39. The van der Waals surface area contributed by atoms with Crippen LogP contribution in [0, 0.1) is 5.41 Å². The lowest BCUT2D eigenvalue weighted by atomic mass is 10.1. The normalized spacial score (nSPS) is 10.1. The summed E-state index contributed by atoms with van der Waals surface area (Å²) >= 11 is 0. The average molecular weight is 345 g/mol. The van der Waals surface area contributed by atoms with Crippen molar-refractivity contribution in [3.63, 3.8) is 0 Å². The molecule has 0 saturated carbocycles. The Labute approximate surface area is 145 Å². The summed E-state index contributed by atoms with van der Waals surface area (Å²) in [5.41, 5.74) is 3.92. The van der Waals surface area contributed by atoms with Gasteiger partial charge in [-0.3, -0.25) is 5.41 Å². The number of nitrogens with zero attached hydrogens (tertiary/aromatic N) is 1. The number of hydrogen-bond donors (Lipinski definition) is 3. The molecule has 1 heterocycles. The molecule has 7 heteroatoms. The summed E-state index contributed by atoms with van der Waals surface area (Å²) in [6.07, 6.45) is 0. The van der Waals surface area contributed by atoms with Gasteiger partial charge in [0.05, 0.1) is 29.5 Å². The number of carbonyl (C=O) groups is 1. The number of aromatic amines is 1. The number of carbonyl (C=O) groups excluding carboxylic acids is 1. The molecule has 0 saturated heterocycles. The zero-order valence-corrected chi connectivity index (χ0v) is 14.0. The van der Waals surface area contributed by atoms with Crippen LogP contribution in [-0.4, -0.2) is 28.9 Å². The van der Waals surface area contributed by atoms with Crippen molar-refractivity contribution < 1.29 is 9.53 Å². The Balaban J connectivity index is 0.00000208. The first-order chi connectivity index (χ1) is 11.1. The number of anilines is 1. The van der Waals surface area contributed by atoms with E-state index in [1.165, 1.54) is 7.11 Å². The molecule has 0 aliphatic carbocycles. The van der Waals surface area contributed by atoms with E-state index in [2.05, 4.69) is 20.0 Å². The molecule has 3 aromatic rings. The standard InChI is InChI=1S/C17H16N4O2.ClH/c1-10(18)19-13-7-8-14-15(9-13)21-16(20-14)11-3-5-12(6-4-11)17(22)23-2;/h3-9H,1-2H3,(H2,18,19)(H,20,21);1H. The summed E-state index contributed by atoms with van der Waals surface area (Å²) < 4.78 is 4.69. The van der Waals surface area contributed by atoms with Crippen molar-refractivity contribution in [2.45, 2.75) is 6.92 Å². The van der Waals surface area contributed by atoms with Gasteiger partial charge < -0.3 is 15.0 Å². The number of amidine groups is 1. The van der Waals surface area contributed by atoms with Crippen LogP contribution in [-0.2, 0) is 4.74 Å². The van der Waals surface area contributed by atoms with E-state index in [9.17, 15) is 4.79 Å². The minimum Gasteiger partial charge on any atom is -0.465 e. The van der Waals surface area contributed by atoms with Gasteiger partial charge in [0, 0.05) is 11.3 Å². The van der Waals surface area contributed by atoms with Gasteiger partial charge in [-0.05, 0) is 37.3 Å². The third kappa shape index (κ3) is 3.55. The van der Waals surface area contributed by atoms with Crippen LogP contribution in [0.2, 0.25) is 0 Å². The number of aromatic nitrogens is 2. The second-order valence-corrected chi connectivity index (χ2v) is 5.14. The van der Waals surface area contributed by atoms with Crippen LogP contribution in [0.1, 0.15) is 17.3 Å². The molecule has 0 amide bonds. The van der Waals surface area contributed by atoms with Crippen LogP contribution in [0.5, 0.6) is 0 Å². The number of esters is 1. The molecule has 0 bridgehead atoms. The topological polar surface area (TPSA) is 90.9 Å². The molecule has 124 valence electrons. The van der Waals surface area contributed by atoms with Crippen molar-refractivity contribution in [3.8, 4) is 11.4 Å². The van der Waals surface area contributed by atoms with Gasteiger partial charge in [-0.25, -0.2) is 9.78 Å². The van der Waals surface area contributed by atoms with E-state index in [-0.39, 0.29) is 18.4 Å². The fourth-order valence-corrected chi connectivity index (χ4v) is 2.32. The number of H-pyrrole nitrogens is 1. The minimum absolute atomic E-state index is 0. The zero-order valence-electron chi connectivity index (χ0n) is 13.2. The molecule has 3 rings (SSSR count). The van der Waals surface area contributed by atoms with Gasteiger partial charge in [0.25, 0.3) is 0 Å². The van der Waals surface area contributed by atoms with E-state index in [0.29, 0.717) is 11.4 Å². The van der Waals surface area contributed by atoms with Crippen molar-refractivity contribution in [1.29, 1.82) is 5.41 Å². The Hall–Kier alpha value is -2.86. The second-order valence-electron chi connectivity index (χ2n) is 5.14. The van der Waals surface area contributed by atoms with Gasteiger partial charge >= 0.3 is 5.97 Å². The molecule has 0 aliphatic rings. The maximum absolute atomic E-state index is 11.5. The maximum atomic E-state index is 11.5. The van der Waals surface area contributed by atoms with Crippen molar-refractivity contribution in [1.82, 2.24) is 9.97 Å². The van der Waals surface area contributed by atoms with E-state index < -0.39 is 0 Å². The van der Waals surface area contributed by atoms with Gasteiger partial charge in [0.2, 0.25) is 0 Å². The summed E-state index contributed by atoms with van der Waals surface area (Å²) in [7, 11) is 1.36. The lowest BCUT2D eigenvalue weighted by Gasteiger charge is -2.02. The molecule has 3 N–H and O–H groups in total. The third-order valence-corrected chi connectivity index (χ3v) is 3.39. The molecule has 24 heavy (non-hydrogen) atoms. The molecule has 0 unspecified atom stereocenters. The smallest absolute Gasteiger partial charge is 0.337 e. The SMILES string of the molecule is COC(=O)c1ccc(-c2nc3cc(NC(C)=N)ccc3[nH]2)cc1.Cl. The highest BCUT2D eigenvalue weighted by Crippen LogP contribution is 2.23. The van der Waals surface area contributed by atoms with Gasteiger partial charge in [0.15, 0.2) is 0 Å². The lowest BCUT2D eigenvalue weighted by molar-refractivity contribution is 0.0601. The number of nitrogens with one attached hydrogen (secondary N) is 3. The van der Waals surface area contributed by atoms with Crippen LogP contribution in [0.25, 0.3) is 22.4 Å². The largest absolute Gasteiger partial charge is 0.465 e. The van der Waals surface area contributed by atoms with Crippen molar-refractivity contribution in [3.05, 3.63) is 48.0 Å². The first-order valence-electron chi connectivity index (χ1n) is 7.07. The van der Waals surface area contributed by atoms with Crippen molar-refractivity contribution >= 4 is 40.9 Å². The molecule has 0 atom stereocenters. The Morgan fingerprint density at radius 3 is 2.54 bits per heavy atom. The number of methoxy groups -OCH3 is 1. The van der Waals surface area contributed by atoms with Crippen LogP contribution in [0.4, 0.5) is 5.69 Å². The predicted octanol–water partition coefficient (Wildman–Crippen LogP) is 3.85. The molecule has 0 fully saturated rings. The van der Waals surface area contributed by atoms with Crippen molar-refractivity contribution in [2.75, 3.05) is 12.4 Å². The number of benzene rings is 2. The highest BCUT2D eigenvalue weighted by molar-refractivity contribution is 5.94. The Morgan fingerprint density at radius 2 is 1.92 bits per heavy atom. The van der Waals surface area contributed by atoms with E-state index in [0.717, 1.165) is 28.1 Å². The fraction of sp³-hybridized carbons (Fsp3) is 0.118. The number of rotatable bonds is 3. The predicted molar refractivity (Wildman–Crippen MR) is 97.1 cm³/mol. The first kappa shape index (κ1) is 17.5. The van der Waals surface area contributed by atoms with Crippen LogP contribution >= 0.6 is 12.4 Å². The number of hydrogen-bond acceptors (Lipinski definition) is 4. The quantitative estimate of drug-likeness (QED) is 0.382. The lowest BCUT2D eigenvalue weighted by Crippen LogP contribution is -2.04. The van der Waals surface area contributed by atoms with Crippen LogP contribution < -0.4 is 5.32 Å². The number of imidazole rings is 1. The highest BCUT2D eigenvalue weighted by atomic mass is 35.5. The molecule has 2 aromatic carbocycles. The number of fused-ring (bicyclic) bond motifs is 1. The molecule has 0 spiro atoms. The number of ether oxygens (including phenoxy) is 1. The van der Waals surface area contributed by atoms with E-state index in [4.69, 9.17) is 5.41 Å². The van der Waals surface area contributed by atoms with Crippen LogP contribution in [0.3, 0.4) is 0 Å². The molecule has 6 nitrogen and oxygen atoms in total. The summed E-state index contributed by atoms with van der Waals surface area (Å²) in [5, 5.41) is 10.4. The average Bonchev–Trinajstić information content (AvgIpc) is 2.97. The number of halogens is 1. The maximum Gasteiger partial charge on any atom is 0.337 e. The summed E-state index contributed by atoms with van der Waals surface area (Å²) in [6.45, 7) is 1.68. The van der Waals surface area contributed by atoms with Crippen LogP contribution in [0.15, 0.2) is 42.5 Å². The second kappa shape index (κ2) is 7.14. The van der Waals surface area contributed by atoms with Gasteiger partial charge in [0.1, 0.15) is 5.82 Å². The summed E-state index contributed by atoms with van der Waals surface area (Å²) in [6, 6.07) is 12.8. The molecular weight excluding hydrogens is 328 g/mol. The van der Waals surface area contributed by atoms with E-state index >= 15 is 0 Å². The Bertz CT molecular complexity index is 887. The fourth-order valence-electron chi connectivity index (χ4n) is 2.32. The molecule has 0 aliphatic heterocycles. The first-order valence-corrected chi connectivity index (χ1v) is 7.07. The molecule has 1 aromatic heterocycles. The molecule has 0 radical (unpaired) electrons. The monoisotopic (exact) mass is 344 g/mol. The highest BCUT2D eigenvalue weighted by Gasteiger charge is 2.09. The Morgan fingerprint density at radius 1 is 1.21 bits per heavy atom. The van der Waals surface area contributed by atoms with Gasteiger partial charge in [-0.15, -0.1) is 12.4 Å².